The minimum absolute atomic E-state index is 0.161. The molecule has 0 atom stereocenters. The van der Waals surface area contributed by atoms with Gasteiger partial charge in [0.1, 0.15) is 18.0 Å². The summed E-state index contributed by atoms with van der Waals surface area (Å²) in [5.41, 5.74) is 5.88. The van der Waals surface area contributed by atoms with E-state index in [1.807, 2.05) is 32.9 Å². The van der Waals surface area contributed by atoms with Crippen LogP contribution < -0.4 is 10.5 Å². The number of hydrogen-bond donors (Lipinski definition) is 1. The van der Waals surface area contributed by atoms with Gasteiger partial charge < -0.3 is 34.3 Å². The number of piperidine rings is 1. The van der Waals surface area contributed by atoms with Crippen LogP contribution >= 0.6 is 0 Å². The highest BCUT2D eigenvalue weighted by atomic mass is 16.6. The van der Waals surface area contributed by atoms with Crippen molar-refractivity contribution in [1.82, 2.24) is 4.90 Å². The highest BCUT2D eigenvalue weighted by molar-refractivity contribution is 5.68. The maximum atomic E-state index is 12.1. The lowest BCUT2D eigenvalue weighted by atomic mass is 10.1. The summed E-state index contributed by atoms with van der Waals surface area (Å²) in [5.74, 6) is 0.776. The molecule has 1 aromatic rings. The Morgan fingerprint density at radius 3 is 2.13 bits per heavy atom. The second-order valence-electron chi connectivity index (χ2n) is 8.18. The molecule has 0 aliphatic carbocycles. The standard InChI is InChI=1S/C22H36N2O6/c1-22(2,3)30-21(25)24-10-8-20(9-11-24)29-17-15-27-13-12-26-14-16-28-19-6-4-18(23)5-7-19/h4-7,20H,8-17,23H2,1-3H3. The van der Waals surface area contributed by atoms with Crippen LogP contribution in [0.1, 0.15) is 33.6 Å². The first-order chi connectivity index (χ1) is 14.3. The third kappa shape index (κ3) is 10.1. The van der Waals surface area contributed by atoms with Crippen molar-refractivity contribution in [3.8, 4) is 5.75 Å². The third-order valence-corrected chi connectivity index (χ3v) is 4.42. The fourth-order valence-corrected chi connectivity index (χ4v) is 2.91. The summed E-state index contributed by atoms with van der Waals surface area (Å²) >= 11 is 0. The molecule has 8 heteroatoms. The normalized spacial score (nSPS) is 15.2. The number of carbonyl (C=O) groups is 1. The highest BCUT2D eigenvalue weighted by Gasteiger charge is 2.27. The van der Waals surface area contributed by atoms with Gasteiger partial charge in [-0.15, -0.1) is 0 Å². The molecule has 0 radical (unpaired) electrons. The Hall–Kier alpha value is -2.03. The van der Waals surface area contributed by atoms with Gasteiger partial charge in [0.15, 0.2) is 0 Å². The topological polar surface area (TPSA) is 92.5 Å². The number of ether oxygens (including phenoxy) is 5. The van der Waals surface area contributed by atoms with E-state index in [9.17, 15) is 4.79 Å². The fourth-order valence-electron chi connectivity index (χ4n) is 2.91. The Balaban J connectivity index is 1.40. The van der Waals surface area contributed by atoms with Gasteiger partial charge >= 0.3 is 6.09 Å². The minimum atomic E-state index is -0.463. The van der Waals surface area contributed by atoms with Gasteiger partial charge in [0.05, 0.1) is 39.1 Å². The summed E-state index contributed by atoms with van der Waals surface area (Å²) in [6.45, 7) is 10.0. The lowest BCUT2D eigenvalue weighted by molar-refractivity contribution is -0.0364. The van der Waals surface area contributed by atoms with Crippen LogP contribution in [0.3, 0.4) is 0 Å². The molecule has 1 aliphatic rings. The maximum Gasteiger partial charge on any atom is 0.410 e. The molecule has 1 aliphatic heterocycles. The number of hydrogen-bond acceptors (Lipinski definition) is 7. The van der Waals surface area contributed by atoms with Gasteiger partial charge in [-0.3, -0.25) is 0 Å². The largest absolute Gasteiger partial charge is 0.491 e. The van der Waals surface area contributed by atoms with Gasteiger partial charge in [-0.1, -0.05) is 0 Å². The first-order valence-electron chi connectivity index (χ1n) is 10.6. The first kappa shape index (κ1) is 24.2. The SMILES string of the molecule is CC(C)(C)OC(=O)N1CCC(OCCOCCOCCOc2ccc(N)cc2)CC1. The number of benzene rings is 1. The molecular weight excluding hydrogens is 388 g/mol. The summed E-state index contributed by atoms with van der Waals surface area (Å²) in [6.07, 6.45) is 1.55. The van der Waals surface area contributed by atoms with Crippen molar-refractivity contribution >= 4 is 11.8 Å². The van der Waals surface area contributed by atoms with Crippen LogP contribution in [-0.2, 0) is 18.9 Å². The van der Waals surface area contributed by atoms with Crippen molar-refractivity contribution in [2.45, 2.75) is 45.3 Å². The summed E-state index contributed by atoms with van der Waals surface area (Å²) < 4.78 is 27.8. The van der Waals surface area contributed by atoms with Crippen LogP contribution in [0.4, 0.5) is 10.5 Å². The molecule has 1 aromatic carbocycles. The predicted molar refractivity (Wildman–Crippen MR) is 115 cm³/mol. The van der Waals surface area contributed by atoms with Gasteiger partial charge in [-0.25, -0.2) is 4.79 Å². The molecule has 0 unspecified atom stereocenters. The first-order valence-corrected chi connectivity index (χ1v) is 10.6. The zero-order valence-electron chi connectivity index (χ0n) is 18.4. The van der Waals surface area contributed by atoms with Crippen molar-refractivity contribution in [3.05, 3.63) is 24.3 Å². The molecule has 170 valence electrons. The fraction of sp³-hybridized carbons (Fsp3) is 0.682. The number of carbonyl (C=O) groups excluding carboxylic acids is 1. The Morgan fingerprint density at radius 2 is 1.53 bits per heavy atom. The van der Waals surface area contributed by atoms with Gasteiger partial charge in [0, 0.05) is 18.8 Å². The molecule has 1 saturated heterocycles. The average Bonchev–Trinajstić information content (AvgIpc) is 2.70. The van der Waals surface area contributed by atoms with Gasteiger partial charge in [0.25, 0.3) is 0 Å². The molecule has 0 aromatic heterocycles. The predicted octanol–water partition coefficient (Wildman–Crippen LogP) is 3.10. The number of amides is 1. The highest BCUT2D eigenvalue weighted by Crippen LogP contribution is 2.17. The molecule has 8 nitrogen and oxygen atoms in total. The molecule has 1 fully saturated rings. The van der Waals surface area contributed by atoms with Crippen LogP contribution in [0.25, 0.3) is 0 Å². The van der Waals surface area contributed by atoms with Crippen LogP contribution in [0.5, 0.6) is 5.75 Å². The van der Waals surface area contributed by atoms with E-state index in [0.29, 0.717) is 58.4 Å². The summed E-state index contributed by atoms with van der Waals surface area (Å²) in [7, 11) is 0. The molecule has 30 heavy (non-hydrogen) atoms. The van der Waals surface area contributed by atoms with Crippen LogP contribution in [0, 0.1) is 0 Å². The lowest BCUT2D eigenvalue weighted by Gasteiger charge is -2.33. The molecule has 2 N–H and O–H groups in total. The van der Waals surface area contributed by atoms with E-state index in [-0.39, 0.29) is 12.2 Å². The molecule has 0 bridgehead atoms. The Kier molecular flexibility index (Phi) is 10.2. The Labute approximate surface area is 179 Å². The molecule has 0 saturated carbocycles. The van der Waals surface area contributed by atoms with Gasteiger partial charge in [-0.2, -0.15) is 0 Å². The molecule has 1 heterocycles. The Morgan fingerprint density at radius 1 is 0.967 bits per heavy atom. The molecule has 2 rings (SSSR count). The number of nitrogen functional groups attached to an aromatic ring is 1. The molecule has 1 amide bonds. The van der Waals surface area contributed by atoms with E-state index in [0.717, 1.165) is 18.6 Å². The van der Waals surface area contributed by atoms with E-state index in [1.165, 1.54) is 0 Å². The lowest BCUT2D eigenvalue weighted by Crippen LogP contribution is -2.43. The number of likely N-dealkylation sites (tertiary alicyclic amines) is 1. The van der Waals surface area contributed by atoms with E-state index in [1.54, 1.807) is 17.0 Å². The zero-order valence-corrected chi connectivity index (χ0v) is 18.4. The van der Waals surface area contributed by atoms with Crippen LogP contribution in [0.15, 0.2) is 24.3 Å². The zero-order chi connectivity index (χ0) is 21.8. The number of anilines is 1. The van der Waals surface area contributed by atoms with E-state index in [2.05, 4.69) is 0 Å². The van der Waals surface area contributed by atoms with Crippen molar-refractivity contribution < 1.29 is 28.5 Å². The Bertz CT molecular complexity index is 609. The van der Waals surface area contributed by atoms with Gasteiger partial charge in [0.2, 0.25) is 0 Å². The second-order valence-corrected chi connectivity index (χ2v) is 8.18. The summed E-state index contributed by atoms with van der Waals surface area (Å²) in [5, 5.41) is 0. The monoisotopic (exact) mass is 424 g/mol. The van der Waals surface area contributed by atoms with Crippen LogP contribution in [-0.4, -0.2) is 75.4 Å². The second kappa shape index (κ2) is 12.6. The number of rotatable bonds is 11. The quantitative estimate of drug-likeness (QED) is 0.431. The van der Waals surface area contributed by atoms with Crippen molar-refractivity contribution in [3.63, 3.8) is 0 Å². The molecular formula is C22H36N2O6. The summed E-state index contributed by atoms with van der Waals surface area (Å²) in [4.78, 5) is 13.8. The smallest absolute Gasteiger partial charge is 0.410 e. The summed E-state index contributed by atoms with van der Waals surface area (Å²) in [6, 6.07) is 7.27. The van der Waals surface area contributed by atoms with Crippen molar-refractivity contribution in [2.75, 3.05) is 58.5 Å². The average molecular weight is 425 g/mol. The molecule has 0 spiro atoms. The van der Waals surface area contributed by atoms with E-state index < -0.39 is 5.60 Å². The van der Waals surface area contributed by atoms with Crippen molar-refractivity contribution in [1.29, 1.82) is 0 Å². The van der Waals surface area contributed by atoms with Crippen molar-refractivity contribution in [2.24, 2.45) is 0 Å². The third-order valence-electron chi connectivity index (χ3n) is 4.42. The van der Waals surface area contributed by atoms with Gasteiger partial charge in [-0.05, 0) is 57.9 Å². The van der Waals surface area contributed by atoms with E-state index in [4.69, 9.17) is 29.4 Å². The maximum absolute atomic E-state index is 12.1. The number of nitrogens with two attached hydrogens (primary N) is 1. The van der Waals surface area contributed by atoms with E-state index >= 15 is 0 Å². The minimum Gasteiger partial charge on any atom is -0.491 e. The van der Waals surface area contributed by atoms with Crippen LogP contribution in [0.2, 0.25) is 0 Å². The number of nitrogens with zero attached hydrogens (tertiary/aromatic N) is 1.